The summed E-state index contributed by atoms with van der Waals surface area (Å²) in [6.07, 6.45) is 4.10. The molecule has 0 aliphatic carbocycles. The molecule has 8 heteroatoms. The Bertz CT molecular complexity index is 691. The number of hydrogen-bond donors (Lipinski definition) is 3. The van der Waals surface area contributed by atoms with E-state index in [-0.39, 0.29) is 23.6 Å². The van der Waals surface area contributed by atoms with Gasteiger partial charge in [-0.1, -0.05) is 6.92 Å². The van der Waals surface area contributed by atoms with Gasteiger partial charge in [-0.3, -0.25) is 4.79 Å². The maximum atomic E-state index is 12.5. The van der Waals surface area contributed by atoms with Gasteiger partial charge in [0, 0.05) is 22.6 Å². The first-order valence-corrected chi connectivity index (χ1v) is 11.8. The Kier molecular flexibility index (Phi) is 6.25. The molecule has 0 bridgehead atoms. The van der Waals surface area contributed by atoms with Crippen LogP contribution in [0.5, 0.6) is 0 Å². The van der Waals surface area contributed by atoms with E-state index in [0.717, 1.165) is 50.0 Å². The molecule has 4 rings (SSSR count). The number of nitrogens with zero attached hydrogens (tertiary/aromatic N) is 2. The Labute approximate surface area is 176 Å². The van der Waals surface area contributed by atoms with E-state index in [1.165, 1.54) is 24.2 Å². The molecule has 0 saturated carbocycles. The number of nitrogens with one attached hydrogen (secondary N) is 1. The highest BCUT2D eigenvalue weighted by molar-refractivity contribution is 8.03. The molecule has 4 heterocycles. The number of likely N-dealkylation sites (tertiary alicyclic amines) is 1. The SMILES string of the molecule is C[C@@H](O)[C@H]1C(=O)N2C(C(=O)O)=C(S[C@@H]3CCN(CCC4CCNCC4)C3)[C@H](C)[C@H]12. The highest BCUT2D eigenvalue weighted by Crippen LogP contribution is 2.51. The van der Waals surface area contributed by atoms with E-state index in [0.29, 0.717) is 5.25 Å². The molecule has 3 N–H and O–H groups in total. The summed E-state index contributed by atoms with van der Waals surface area (Å²) in [7, 11) is 0. The van der Waals surface area contributed by atoms with Crippen LogP contribution < -0.4 is 5.32 Å². The quantitative estimate of drug-likeness (QED) is 0.532. The number of hydrogen-bond acceptors (Lipinski definition) is 6. The van der Waals surface area contributed by atoms with Crippen LogP contribution in [0.15, 0.2) is 10.6 Å². The van der Waals surface area contributed by atoms with E-state index in [1.54, 1.807) is 18.7 Å². The zero-order valence-electron chi connectivity index (χ0n) is 17.3. The summed E-state index contributed by atoms with van der Waals surface area (Å²) in [6, 6.07) is -0.214. The number of amides is 1. The second-order valence-electron chi connectivity index (χ2n) is 9.08. The van der Waals surface area contributed by atoms with E-state index >= 15 is 0 Å². The summed E-state index contributed by atoms with van der Waals surface area (Å²) >= 11 is 1.66. The number of aliphatic hydroxyl groups excluding tert-OH is 1. The van der Waals surface area contributed by atoms with Gasteiger partial charge in [-0.05, 0) is 64.7 Å². The van der Waals surface area contributed by atoms with Gasteiger partial charge in [-0.2, -0.15) is 0 Å². The molecule has 3 saturated heterocycles. The van der Waals surface area contributed by atoms with Crippen molar-refractivity contribution in [1.82, 2.24) is 15.1 Å². The number of β-lactam (4-membered cyclic amide) rings is 1. The van der Waals surface area contributed by atoms with Crippen molar-refractivity contribution in [2.24, 2.45) is 17.8 Å². The van der Waals surface area contributed by atoms with Crippen molar-refractivity contribution in [3.05, 3.63) is 10.6 Å². The zero-order chi connectivity index (χ0) is 20.7. The Morgan fingerprint density at radius 1 is 1.31 bits per heavy atom. The van der Waals surface area contributed by atoms with E-state index in [2.05, 4.69) is 10.2 Å². The third-order valence-corrected chi connectivity index (χ3v) is 8.68. The predicted octanol–water partition coefficient (Wildman–Crippen LogP) is 1.34. The highest BCUT2D eigenvalue weighted by Gasteiger charge is 2.60. The number of rotatable bonds is 7. The van der Waals surface area contributed by atoms with Crippen molar-refractivity contribution in [1.29, 1.82) is 0 Å². The molecule has 4 aliphatic heterocycles. The molecule has 5 atom stereocenters. The Morgan fingerprint density at radius 3 is 2.69 bits per heavy atom. The summed E-state index contributed by atoms with van der Waals surface area (Å²) in [5, 5.41) is 23.5. The molecule has 162 valence electrons. The summed E-state index contributed by atoms with van der Waals surface area (Å²) in [4.78, 5) is 29.2. The average Bonchev–Trinajstić information content (AvgIpc) is 3.22. The van der Waals surface area contributed by atoms with Crippen LogP contribution in [0.2, 0.25) is 0 Å². The standard InChI is InChI=1S/C21H33N3O4S/c1-12-17-16(13(2)25)20(26)24(17)18(21(27)28)19(12)29-15-6-10-23(11-15)9-5-14-3-7-22-8-4-14/h12-17,22,25H,3-11H2,1-2H3,(H,27,28)/t12-,13-,15-,16-,17-/m1/s1. The largest absolute Gasteiger partial charge is 0.477 e. The van der Waals surface area contributed by atoms with E-state index in [4.69, 9.17) is 0 Å². The lowest BCUT2D eigenvalue weighted by atomic mass is 9.79. The number of thioether (sulfide) groups is 1. The number of aliphatic hydroxyl groups is 1. The summed E-state index contributed by atoms with van der Waals surface area (Å²) in [6.45, 7) is 9.07. The number of aliphatic carboxylic acids is 1. The smallest absolute Gasteiger partial charge is 0.353 e. The van der Waals surface area contributed by atoms with Gasteiger partial charge in [0.05, 0.1) is 18.1 Å². The molecule has 0 aromatic heterocycles. The minimum absolute atomic E-state index is 0.0350. The third-order valence-electron chi connectivity index (χ3n) is 7.15. The maximum absolute atomic E-state index is 12.5. The van der Waals surface area contributed by atoms with Crippen LogP contribution >= 0.6 is 11.8 Å². The third kappa shape index (κ3) is 3.96. The highest BCUT2D eigenvalue weighted by atomic mass is 32.2. The van der Waals surface area contributed by atoms with Gasteiger partial charge in [-0.25, -0.2) is 4.79 Å². The fraction of sp³-hybridized carbons (Fsp3) is 0.810. The van der Waals surface area contributed by atoms with Gasteiger partial charge in [-0.15, -0.1) is 11.8 Å². The lowest BCUT2D eigenvalue weighted by Crippen LogP contribution is -2.63. The molecular formula is C21H33N3O4S. The van der Waals surface area contributed by atoms with Crippen LogP contribution in [0.3, 0.4) is 0 Å². The first-order chi connectivity index (χ1) is 13.9. The first-order valence-electron chi connectivity index (χ1n) is 11.0. The normalized spacial score (nSPS) is 34.4. The number of carboxylic acids is 1. The molecule has 3 fully saturated rings. The van der Waals surface area contributed by atoms with E-state index < -0.39 is 18.0 Å². The molecule has 1 amide bonds. The van der Waals surface area contributed by atoms with Crippen LogP contribution in [0.25, 0.3) is 0 Å². The van der Waals surface area contributed by atoms with Crippen molar-refractivity contribution in [2.45, 2.75) is 56.9 Å². The van der Waals surface area contributed by atoms with Crippen LogP contribution in [-0.4, -0.2) is 82.0 Å². The molecule has 0 radical (unpaired) electrons. The van der Waals surface area contributed by atoms with Gasteiger partial charge >= 0.3 is 5.97 Å². The average molecular weight is 424 g/mol. The predicted molar refractivity (Wildman–Crippen MR) is 112 cm³/mol. The summed E-state index contributed by atoms with van der Waals surface area (Å²) in [5.41, 5.74) is 0.155. The lowest BCUT2D eigenvalue weighted by molar-refractivity contribution is -0.163. The van der Waals surface area contributed by atoms with Gasteiger partial charge in [0.1, 0.15) is 5.70 Å². The van der Waals surface area contributed by atoms with Crippen molar-refractivity contribution < 1.29 is 19.8 Å². The van der Waals surface area contributed by atoms with Crippen LogP contribution in [0.1, 0.15) is 39.5 Å². The number of fused-ring (bicyclic) bond motifs is 1. The second kappa shape index (κ2) is 8.57. The Hall–Kier alpha value is -1.09. The number of carbonyl (C=O) groups excluding carboxylic acids is 1. The fourth-order valence-corrected chi connectivity index (χ4v) is 7.01. The van der Waals surface area contributed by atoms with Gasteiger partial charge in [0.2, 0.25) is 5.91 Å². The summed E-state index contributed by atoms with van der Waals surface area (Å²) < 4.78 is 0. The van der Waals surface area contributed by atoms with E-state index in [9.17, 15) is 19.8 Å². The topological polar surface area (TPSA) is 93.1 Å². The van der Waals surface area contributed by atoms with Crippen LogP contribution in [-0.2, 0) is 9.59 Å². The van der Waals surface area contributed by atoms with Crippen molar-refractivity contribution in [2.75, 3.05) is 32.7 Å². The molecule has 0 aromatic rings. The number of piperidine rings is 1. The number of carbonyl (C=O) groups is 2. The molecule has 7 nitrogen and oxygen atoms in total. The van der Waals surface area contributed by atoms with Crippen LogP contribution in [0.4, 0.5) is 0 Å². The molecule has 0 unspecified atom stereocenters. The molecule has 29 heavy (non-hydrogen) atoms. The molecule has 4 aliphatic rings. The fourth-order valence-electron chi connectivity index (χ4n) is 5.49. The van der Waals surface area contributed by atoms with Crippen molar-refractivity contribution in [3.63, 3.8) is 0 Å². The van der Waals surface area contributed by atoms with Gasteiger partial charge < -0.3 is 25.3 Å². The molecule has 0 spiro atoms. The lowest BCUT2D eigenvalue weighted by Gasteiger charge is -2.46. The van der Waals surface area contributed by atoms with E-state index in [1.807, 2.05) is 6.92 Å². The van der Waals surface area contributed by atoms with Gasteiger partial charge in [0.25, 0.3) is 0 Å². The summed E-state index contributed by atoms with van der Waals surface area (Å²) in [5.74, 6) is -0.972. The van der Waals surface area contributed by atoms with Crippen molar-refractivity contribution in [3.8, 4) is 0 Å². The second-order valence-corrected chi connectivity index (χ2v) is 10.4. The van der Waals surface area contributed by atoms with Gasteiger partial charge in [0.15, 0.2) is 0 Å². The molecular weight excluding hydrogens is 390 g/mol. The molecule has 0 aromatic carbocycles. The first kappa shape index (κ1) is 21.2. The monoisotopic (exact) mass is 423 g/mol. The van der Waals surface area contributed by atoms with Crippen molar-refractivity contribution >= 4 is 23.6 Å². The Balaban J connectivity index is 1.37. The Morgan fingerprint density at radius 2 is 2.03 bits per heavy atom. The maximum Gasteiger partial charge on any atom is 0.353 e. The minimum Gasteiger partial charge on any atom is -0.477 e. The van der Waals surface area contributed by atoms with Crippen LogP contribution in [0, 0.1) is 17.8 Å². The minimum atomic E-state index is -1.03. The number of carboxylic acid groups (broad SMARTS) is 1. The zero-order valence-corrected chi connectivity index (χ0v) is 18.2.